The third-order valence-corrected chi connectivity index (χ3v) is 4.15. The molecule has 1 aliphatic rings. The van der Waals surface area contributed by atoms with Crippen LogP contribution >= 0.6 is 11.6 Å². The molecule has 1 heterocycles. The van der Waals surface area contributed by atoms with Gasteiger partial charge in [0, 0.05) is 5.02 Å². The first-order chi connectivity index (χ1) is 11.7. The molecule has 1 aliphatic heterocycles. The topological polar surface area (TPSA) is 62.1 Å². The summed E-state index contributed by atoms with van der Waals surface area (Å²) >= 11 is 5.80. The number of aliphatic hydroxyl groups is 2. The van der Waals surface area contributed by atoms with Gasteiger partial charge in [-0.05, 0) is 28.8 Å². The molecule has 2 aromatic rings. The molecule has 2 N–H and O–H groups in total. The van der Waals surface area contributed by atoms with Crippen LogP contribution in [0.4, 0.5) is 13.2 Å². The highest BCUT2D eigenvalue weighted by atomic mass is 35.5. The van der Waals surface area contributed by atoms with Gasteiger partial charge in [-0.25, -0.2) is 0 Å². The van der Waals surface area contributed by atoms with Crippen molar-refractivity contribution >= 4 is 17.3 Å². The molecule has 25 heavy (non-hydrogen) atoms. The fourth-order valence-corrected chi connectivity index (χ4v) is 2.55. The summed E-state index contributed by atoms with van der Waals surface area (Å²) < 4.78 is 38.2. The number of rotatable bonds is 3. The number of aliphatic hydroxyl groups excluding tert-OH is 1. The Bertz CT molecular complexity index is 790. The van der Waals surface area contributed by atoms with Crippen molar-refractivity contribution in [3.63, 3.8) is 0 Å². The standard InChI is InChI=1S/C17H13ClF3NO3/c18-13-7-5-12(6-8-13)15(23)11-3-1-10(2-4-11)14-9-16(24,25-22-14)17(19,20)21/h1-8,15,23-24H,9H2. The second-order valence-corrected chi connectivity index (χ2v) is 6.10. The number of benzene rings is 2. The highest BCUT2D eigenvalue weighted by Crippen LogP contribution is 2.39. The third-order valence-electron chi connectivity index (χ3n) is 3.90. The average molecular weight is 372 g/mol. The number of hydrogen-bond donors (Lipinski definition) is 2. The van der Waals surface area contributed by atoms with Crippen molar-refractivity contribution in [3.8, 4) is 0 Å². The Hall–Kier alpha value is -2.09. The number of halogens is 4. The Kier molecular flexibility index (Phi) is 4.49. The van der Waals surface area contributed by atoms with E-state index in [9.17, 15) is 23.4 Å². The first-order valence-corrected chi connectivity index (χ1v) is 7.65. The summed E-state index contributed by atoms with van der Waals surface area (Å²) in [6.45, 7) is 0. The maximum Gasteiger partial charge on any atom is 0.458 e. The Morgan fingerprint density at radius 3 is 2.04 bits per heavy atom. The second kappa shape index (κ2) is 6.33. The highest BCUT2D eigenvalue weighted by molar-refractivity contribution is 6.30. The lowest BCUT2D eigenvalue weighted by Crippen LogP contribution is -2.45. The molecule has 0 aromatic heterocycles. The van der Waals surface area contributed by atoms with E-state index in [2.05, 4.69) is 9.99 Å². The molecule has 8 heteroatoms. The lowest BCUT2D eigenvalue weighted by molar-refractivity contribution is -0.355. The van der Waals surface area contributed by atoms with E-state index in [1.165, 1.54) is 12.1 Å². The van der Waals surface area contributed by atoms with Gasteiger partial charge in [0.1, 0.15) is 6.10 Å². The van der Waals surface area contributed by atoms with E-state index in [0.717, 1.165) is 0 Å². The van der Waals surface area contributed by atoms with E-state index in [1.54, 1.807) is 36.4 Å². The zero-order valence-electron chi connectivity index (χ0n) is 12.7. The van der Waals surface area contributed by atoms with Crippen molar-refractivity contribution in [2.75, 3.05) is 0 Å². The Balaban J connectivity index is 1.76. The van der Waals surface area contributed by atoms with Crippen molar-refractivity contribution in [1.29, 1.82) is 0 Å². The molecular formula is C17H13ClF3NO3. The van der Waals surface area contributed by atoms with Crippen LogP contribution in [0.25, 0.3) is 0 Å². The van der Waals surface area contributed by atoms with E-state index >= 15 is 0 Å². The van der Waals surface area contributed by atoms with Crippen molar-refractivity contribution in [2.24, 2.45) is 5.16 Å². The lowest BCUT2D eigenvalue weighted by atomic mass is 9.97. The fraction of sp³-hybridized carbons (Fsp3) is 0.235. The molecular weight excluding hydrogens is 359 g/mol. The first-order valence-electron chi connectivity index (χ1n) is 7.28. The average Bonchev–Trinajstić information content (AvgIpc) is 2.99. The molecule has 0 saturated heterocycles. The predicted molar refractivity (Wildman–Crippen MR) is 85.2 cm³/mol. The molecule has 132 valence electrons. The molecule has 4 nitrogen and oxygen atoms in total. The number of nitrogens with zero attached hydrogens (tertiary/aromatic N) is 1. The Morgan fingerprint density at radius 1 is 1.04 bits per heavy atom. The molecule has 2 aromatic carbocycles. The molecule has 0 radical (unpaired) electrons. The van der Waals surface area contributed by atoms with Gasteiger partial charge in [0.25, 0.3) is 0 Å². The molecule has 0 bridgehead atoms. The van der Waals surface area contributed by atoms with Gasteiger partial charge >= 0.3 is 12.0 Å². The SMILES string of the molecule is OC(c1ccc(Cl)cc1)c1ccc(C2=NOC(O)(C(F)(F)F)C2)cc1. The van der Waals surface area contributed by atoms with Crippen molar-refractivity contribution in [2.45, 2.75) is 24.5 Å². The van der Waals surface area contributed by atoms with Crippen molar-refractivity contribution in [1.82, 2.24) is 0 Å². The first kappa shape index (κ1) is 17.7. The van der Waals surface area contributed by atoms with Crippen LogP contribution in [-0.2, 0) is 4.84 Å². The molecule has 0 fully saturated rings. The van der Waals surface area contributed by atoms with Crippen molar-refractivity contribution in [3.05, 3.63) is 70.2 Å². The Morgan fingerprint density at radius 2 is 1.56 bits per heavy atom. The van der Waals surface area contributed by atoms with Gasteiger partial charge in [0.15, 0.2) is 0 Å². The maximum absolute atomic E-state index is 12.7. The van der Waals surface area contributed by atoms with Gasteiger partial charge in [-0.2, -0.15) is 13.2 Å². The van der Waals surface area contributed by atoms with Crippen LogP contribution < -0.4 is 0 Å². The van der Waals surface area contributed by atoms with E-state index in [1.807, 2.05) is 0 Å². The third kappa shape index (κ3) is 3.49. The van der Waals surface area contributed by atoms with Crippen LogP contribution in [0.2, 0.25) is 5.02 Å². The van der Waals surface area contributed by atoms with E-state index in [0.29, 0.717) is 21.7 Å². The zero-order chi connectivity index (χ0) is 18.2. The number of alkyl halides is 3. The molecule has 2 atom stereocenters. The summed E-state index contributed by atoms with van der Waals surface area (Å²) in [7, 11) is 0. The lowest BCUT2D eigenvalue weighted by Gasteiger charge is -2.22. The highest BCUT2D eigenvalue weighted by Gasteiger charge is 2.60. The predicted octanol–water partition coefficient (Wildman–Crippen LogP) is 3.80. The van der Waals surface area contributed by atoms with E-state index in [-0.39, 0.29) is 5.71 Å². The van der Waals surface area contributed by atoms with Crippen LogP contribution in [0.3, 0.4) is 0 Å². The van der Waals surface area contributed by atoms with Crippen LogP contribution in [0, 0.1) is 0 Å². The quantitative estimate of drug-likeness (QED) is 0.862. The fourth-order valence-electron chi connectivity index (χ4n) is 2.42. The Labute approximate surface area is 146 Å². The van der Waals surface area contributed by atoms with Crippen LogP contribution in [-0.4, -0.2) is 27.9 Å². The molecule has 2 unspecified atom stereocenters. The molecule has 0 saturated carbocycles. The van der Waals surface area contributed by atoms with Gasteiger partial charge in [-0.1, -0.05) is 53.2 Å². The summed E-state index contributed by atoms with van der Waals surface area (Å²) in [5.41, 5.74) is 1.53. The van der Waals surface area contributed by atoms with Gasteiger partial charge in [0.05, 0.1) is 12.1 Å². The maximum atomic E-state index is 12.7. The number of hydrogen-bond acceptors (Lipinski definition) is 4. The van der Waals surface area contributed by atoms with Crippen LogP contribution in [0.15, 0.2) is 53.7 Å². The summed E-state index contributed by atoms with van der Waals surface area (Å²) in [6, 6.07) is 12.8. The smallest absolute Gasteiger partial charge is 0.384 e. The minimum atomic E-state index is -4.94. The monoisotopic (exact) mass is 371 g/mol. The van der Waals surface area contributed by atoms with E-state index < -0.39 is 24.5 Å². The van der Waals surface area contributed by atoms with Crippen molar-refractivity contribution < 1.29 is 28.2 Å². The number of oxime groups is 1. The largest absolute Gasteiger partial charge is 0.458 e. The normalized spacial score (nSPS) is 21.6. The van der Waals surface area contributed by atoms with Crippen LogP contribution in [0.5, 0.6) is 0 Å². The molecule has 3 rings (SSSR count). The van der Waals surface area contributed by atoms with Gasteiger partial charge in [-0.15, -0.1) is 0 Å². The van der Waals surface area contributed by atoms with Crippen LogP contribution in [0.1, 0.15) is 29.2 Å². The molecule has 0 spiro atoms. The summed E-state index contributed by atoms with van der Waals surface area (Å²) in [5, 5.41) is 23.7. The minimum absolute atomic E-state index is 0.0210. The second-order valence-electron chi connectivity index (χ2n) is 5.66. The van der Waals surface area contributed by atoms with Gasteiger partial charge in [0.2, 0.25) is 0 Å². The van der Waals surface area contributed by atoms with E-state index in [4.69, 9.17) is 11.6 Å². The van der Waals surface area contributed by atoms with Gasteiger partial charge in [-0.3, -0.25) is 0 Å². The summed E-state index contributed by atoms with van der Waals surface area (Å²) in [4.78, 5) is 4.19. The zero-order valence-corrected chi connectivity index (χ0v) is 13.4. The minimum Gasteiger partial charge on any atom is -0.384 e. The molecule has 0 amide bonds. The van der Waals surface area contributed by atoms with Gasteiger partial charge < -0.3 is 15.1 Å². The summed E-state index contributed by atoms with van der Waals surface area (Å²) in [6.07, 6.45) is -6.64. The molecule has 0 aliphatic carbocycles. The summed E-state index contributed by atoms with van der Waals surface area (Å²) in [5.74, 6) is -3.30.